The van der Waals surface area contributed by atoms with Crippen LogP contribution in [0.4, 0.5) is 10.2 Å². The lowest BCUT2D eigenvalue weighted by molar-refractivity contribution is 0.102. The average molecular weight is 371 g/mol. The lowest BCUT2D eigenvalue weighted by Gasteiger charge is -2.05. The van der Waals surface area contributed by atoms with Gasteiger partial charge >= 0.3 is 0 Å². The van der Waals surface area contributed by atoms with E-state index in [0.29, 0.717) is 28.6 Å². The fourth-order valence-corrected chi connectivity index (χ4v) is 2.74. The number of carbonyl (C=O) groups excluding carboxylic acids is 1. The van der Waals surface area contributed by atoms with Crippen LogP contribution in [0.3, 0.4) is 0 Å². The molecule has 0 saturated heterocycles. The summed E-state index contributed by atoms with van der Waals surface area (Å²) in [5.74, 6) is -0.374. The summed E-state index contributed by atoms with van der Waals surface area (Å²) in [6, 6.07) is 7.58. The SMILES string of the molecule is O=C(Nc1ccn(Cc2ccc(F)cc2Cl)n1)c1cnn2cccnc12. The van der Waals surface area contributed by atoms with Crippen molar-refractivity contribution in [2.24, 2.45) is 0 Å². The molecule has 26 heavy (non-hydrogen) atoms. The second kappa shape index (κ2) is 6.57. The summed E-state index contributed by atoms with van der Waals surface area (Å²) in [4.78, 5) is 16.6. The molecule has 0 saturated carbocycles. The van der Waals surface area contributed by atoms with E-state index in [2.05, 4.69) is 20.5 Å². The molecule has 0 fully saturated rings. The van der Waals surface area contributed by atoms with Crippen molar-refractivity contribution in [3.63, 3.8) is 0 Å². The number of hydrogen-bond donors (Lipinski definition) is 1. The summed E-state index contributed by atoms with van der Waals surface area (Å²) in [5, 5.41) is 11.4. The largest absolute Gasteiger partial charge is 0.305 e. The Morgan fingerprint density at radius 2 is 2.15 bits per heavy atom. The number of amides is 1. The molecule has 7 nitrogen and oxygen atoms in total. The van der Waals surface area contributed by atoms with Gasteiger partial charge in [0.25, 0.3) is 5.91 Å². The molecule has 1 amide bonds. The minimum absolute atomic E-state index is 0.323. The first-order valence-electron chi connectivity index (χ1n) is 7.67. The number of anilines is 1. The monoisotopic (exact) mass is 370 g/mol. The predicted octanol–water partition coefficient (Wildman–Crippen LogP) is 3.02. The zero-order chi connectivity index (χ0) is 18.1. The zero-order valence-corrected chi connectivity index (χ0v) is 14.1. The molecule has 0 bridgehead atoms. The Labute approximate surface area is 152 Å². The quantitative estimate of drug-likeness (QED) is 0.599. The maximum absolute atomic E-state index is 13.1. The minimum atomic E-state index is -0.394. The summed E-state index contributed by atoms with van der Waals surface area (Å²) in [7, 11) is 0. The first-order valence-corrected chi connectivity index (χ1v) is 8.05. The molecule has 0 radical (unpaired) electrons. The van der Waals surface area contributed by atoms with Gasteiger partial charge in [-0.2, -0.15) is 10.2 Å². The molecule has 1 aromatic carbocycles. The van der Waals surface area contributed by atoms with E-state index in [1.165, 1.54) is 22.8 Å². The van der Waals surface area contributed by atoms with E-state index >= 15 is 0 Å². The third kappa shape index (κ3) is 3.14. The standard InChI is InChI=1S/C17H12ClFN6O/c18-14-8-12(19)3-2-11(14)10-24-7-4-15(23-24)22-17(26)13-9-21-25-6-1-5-20-16(13)25/h1-9H,10H2,(H,22,23,26). The third-order valence-electron chi connectivity index (χ3n) is 3.75. The maximum Gasteiger partial charge on any atom is 0.262 e. The van der Waals surface area contributed by atoms with Crippen LogP contribution in [0.2, 0.25) is 5.02 Å². The second-order valence-electron chi connectivity index (χ2n) is 5.53. The van der Waals surface area contributed by atoms with E-state index in [1.54, 1.807) is 41.5 Å². The molecule has 130 valence electrons. The van der Waals surface area contributed by atoms with Gasteiger partial charge in [-0.05, 0) is 23.8 Å². The molecule has 0 spiro atoms. The Morgan fingerprint density at radius 1 is 1.27 bits per heavy atom. The highest BCUT2D eigenvalue weighted by Crippen LogP contribution is 2.19. The van der Waals surface area contributed by atoms with Gasteiger partial charge in [-0.1, -0.05) is 17.7 Å². The summed E-state index contributed by atoms with van der Waals surface area (Å²) >= 11 is 6.03. The first kappa shape index (κ1) is 16.2. The lowest BCUT2D eigenvalue weighted by Crippen LogP contribution is -2.13. The smallest absolute Gasteiger partial charge is 0.262 e. The Kier molecular flexibility index (Phi) is 4.10. The van der Waals surface area contributed by atoms with Crippen molar-refractivity contribution in [1.82, 2.24) is 24.4 Å². The summed E-state index contributed by atoms with van der Waals surface area (Å²) in [6.07, 6.45) is 6.45. The van der Waals surface area contributed by atoms with Gasteiger partial charge in [0.05, 0.1) is 12.7 Å². The molecular weight excluding hydrogens is 359 g/mol. The van der Waals surface area contributed by atoms with Crippen LogP contribution in [0.25, 0.3) is 5.65 Å². The first-order chi connectivity index (χ1) is 12.6. The normalized spacial score (nSPS) is 11.0. The molecule has 0 atom stereocenters. The van der Waals surface area contributed by atoms with Crippen molar-refractivity contribution in [3.8, 4) is 0 Å². The highest BCUT2D eigenvalue weighted by atomic mass is 35.5. The van der Waals surface area contributed by atoms with Crippen molar-refractivity contribution in [2.75, 3.05) is 5.32 Å². The number of halogens is 2. The number of benzene rings is 1. The molecule has 0 aliphatic carbocycles. The number of hydrogen-bond acceptors (Lipinski definition) is 4. The Morgan fingerprint density at radius 3 is 3.00 bits per heavy atom. The van der Waals surface area contributed by atoms with Crippen molar-refractivity contribution < 1.29 is 9.18 Å². The fraction of sp³-hybridized carbons (Fsp3) is 0.0588. The molecule has 4 aromatic rings. The molecule has 1 N–H and O–H groups in total. The van der Waals surface area contributed by atoms with Crippen molar-refractivity contribution in [1.29, 1.82) is 0 Å². The third-order valence-corrected chi connectivity index (χ3v) is 4.11. The molecule has 0 aliphatic heterocycles. The Balaban J connectivity index is 1.50. The van der Waals surface area contributed by atoms with Gasteiger partial charge in [-0.3, -0.25) is 9.48 Å². The zero-order valence-electron chi connectivity index (χ0n) is 13.3. The number of fused-ring (bicyclic) bond motifs is 1. The van der Waals surface area contributed by atoms with Gasteiger partial charge < -0.3 is 5.32 Å². The topological polar surface area (TPSA) is 77.1 Å². The van der Waals surface area contributed by atoms with Crippen LogP contribution in [0, 0.1) is 5.82 Å². The second-order valence-corrected chi connectivity index (χ2v) is 5.94. The van der Waals surface area contributed by atoms with Crippen molar-refractivity contribution >= 4 is 29.0 Å². The maximum atomic E-state index is 13.1. The summed E-state index contributed by atoms with van der Waals surface area (Å²) < 4.78 is 16.2. The van der Waals surface area contributed by atoms with E-state index in [9.17, 15) is 9.18 Å². The average Bonchev–Trinajstić information content (AvgIpc) is 3.24. The molecule has 0 aliphatic rings. The highest BCUT2D eigenvalue weighted by Gasteiger charge is 2.15. The predicted molar refractivity (Wildman–Crippen MR) is 93.7 cm³/mol. The molecular formula is C17H12ClFN6O. The van der Waals surface area contributed by atoms with Gasteiger partial charge in [0.15, 0.2) is 11.5 Å². The van der Waals surface area contributed by atoms with E-state index < -0.39 is 5.82 Å². The van der Waals surface area contributed by atoms with Gasteiger partial charge in [-0.15, -0.1) is 0 Å². The van der Waals surface area contributed by atoms with Gasteiger partial charge in [0.2, 0.25) is 0 Å². The van der Waals surface area contributed by atoms with Gasteiger partial charge in [0.1, 0.15) is 11.4 Å². The molecule has 3 heterocycles. The number of carbonyl (C=O) groups is 1. The number of nitrogens with one attached hydrogen (secondary N) is 1. The van der Waals surface area contributed by atoms with Crippen LogP contribution in [-0.4, -0.2) is 30.3 Å². The Hall–Kier alpha value is -3.26. The highest BCUT2D eigenvalue weighted by molar-refractivity contribution is 6.31. The van der Waals surface area contributed by atoms with E-state index in [-0.39, 0.29) is 5.91 Å². The lowest BCUT2D eigenvalue weighted by atomic mass is 10.2. The molecule has 0 unspecified atom stereocenters. The van der Waals surface area contributed by atoms with Crippen LogP contribution in [0.1, 0.15) is 15.9 Å². The van der Waals surface area contributed by atoms with Gasteiger partial charge in [0, 0.05) is 29.7 Å². The molecule has 3 aromatic heterocycles. The van der Waals surface area contributed by atoms with Crippen LogP contribution in [0.5, 0.6) is 0 Å². The number of nitrogens with zero attached hydrogens (tertiary/aromatic N) is 5. The Bertz CT molecular complexity index is 1110. The van der Waals surface area contributed by atoms with Crippen LogP contribution in [0.15, 0.2) is 55.1 Å². The van der Waals surface area contributed by atoms with Crippen LogP contribution >= 0.6 is 11.6 Å². The van der Waals surface area contributed by atoms with E-state index in [1.807, 2.05) is 0 Å². The number of rotatable bonds is 4. The van der Waals surface area contributed by atoms with Crippen LogP contribution < -0.4 is 5.32 Å². The summed E-state index contributed by atoms with van der Waals surface area (Å²) in [6.45, 7) is 0.354. The molecule has 4 rings (SSSR count). The van der Waals surface area contributed by atoms with Crippen LogP contribution in [-0.2, 0) is 6.54 Å². The van der Waals surface area contributed by atoms with E-state index in [0.717, 1.165) is 5.56 Å². The van der Waals surface area contributed by atoms with Crippen molar-refractivity contribution in [2.45, 2.75) is 6.54 Å². The fourth-order valence-electron chi connectivity index (χ4n) is 2.51. The van der Waals surface area contributed by atoms with Gasteiger partial charge in [-0.25, -0.2) is 13.9 Å². The van der Waals surface area contributed by atoms with Crippen molar-refractivity contribution in [3.05, 3.63) is 77.1 Å². The number of aromatic nitrogens is 5. The molecule has 9 heteroatoms. The minimum Gasteiger partial charge on any atom is -0.305 e. The summed E-state index contributed by atoms with van der Waals surface area (Å²) in [5.41, 5.74) is 1.53. The van der Waals surface area contributed by atoms with E-state index in [4.69, 9.17) is 11.6 Å².